The highest BCUT2D eigenvalue weighted by Crippen LogP contribution is 2.29. The summed E-state index contributed by atoms with van der Waals surface area (Å²) in [6.07, 6.45) is 3.21. The second-order valence-electron chi connectivity index (χ2n) is 5.32. The van der Waals surface area contributed by atoms with E-state index in [1.807, 2.05) is 13.8 Å². The second-order valence-corrected chi connectivity index (χ2v) is 7.10. The molecule has 1 aliphatic heterocycles. The number of nitrogens with zero attached hydrogens (tertiary/aromatic N) is 1. The van der Waals surface area contributed by atoms with Crippen LogP contribution in [0.4, 0.5) is 0 Å². The van der Waals surface area contributed by atoms with Gasteiger partial charge >= 0.3 is 0 Å². The summed E-state index contributed by atoms with van der Waals surface area (Å²) in [5.41, 5.74) is 5.27. The van der Waals surface area contributed by atoms with E-state index in [0.29, 0.717) is 38.9 Å². The van der Waals surface area contributed by atoms with E-state index in [9.17, 15) is 13.2 Å². The minimum absolute atomic E-state index is 0.0535. The van der Waals surface area contributed by atoms with Gasteiger partial charge in [-0.05, 0) is 19.3 Å². The van der Waals surface area contributed by atoms with Gasteiger partial charge in [0.25, 0.3) is 0 Å². The summed E-state index contributed by atoms with van der Waals surface area (Å²) in [5.74, 6) is 0.0535. The van der Waals surface area contributed by atoms with Gasteiger partial charge in [0.2, 0.25) is 15.9 Å². The van der Waals surface area contributed by atoms with Crippen molar-refractivity contribution in [2.24, 2.45) is 11.1 Å². The first-order valence-corrected chi connectivity index (χ1v) is 8.64. The van der Waals surface area contributed by atoms with Crippen LogP contribution in [0.2, 0.25) is 0 Å². The van der Waals surface area contributed by atoms with Gasteiger partial charge in [0.05, 0.1) is 11.7 Å². The number of nitrogens with two attached hydrogens (primary N) is 1. The van der Waals surface area contributed by atoms with Gasteiger partial charge in [0.1, 0.15) is 0 Å². The van der Waals surface area contributed by atoms with Crippen LogP contribution in [-0.4, -0.2) is 51.2 Å². The van der Waals surface area contributed by atoms with Crippen LogP contribution in [0.1, 0.15) is 33.1 Å². The molecule has 0 aromatic carbocycles. The van der Waals surface area contributed by atoms with E-state index in [1.54, 1.807) is 4.90 Å². The highest BCUT2D eigenvalue weighted by molar-refractivity contribution is 7.88. The minimum atomic E-state index is -3.22. The molecule has 7 heteroatoms. The molecule has 6 nitrogen and oxygen atoms in total. The molecule has 1 unspecified atom stereocenters. The van der Waals surface area contributed by atoms with Crippen LogP contribution in [0.5, 0.6) is 0 Å². The summed E-state index contributed by atoms with van der Waals surface area (Å²) < 4.78 is 24.9. The maximum Gasteiger partial charge on any atom is 0.230 e. The average Bonchev–Trinajstić information content (AvgIpc) is 2.77. The second kappa shape index (κ2) is 6.19. The molecule has 112 valence electrons. The lowest BCUT2D eigenvalue weighted by molar-refractivity contribution is -0.141. The number of hydrogen-bond acceptors (Lipinski definition) is 4. The first-order chi connectivity index (χ1) is 8.78. The molecule has 19 heavy (non-hydrogen) atoms. The largest absolute Gasteiger partial charge is 0.341 e. The number of amides is 1. The Labute approximate surface area is 115 Å². The van der Waals surface area contributed by atoms with Gasteiger partial charge in [-0.25, -0.2) is 13.1 Å². The molecule has 0 spiro atoms. The Balaban J connectivity index is 2.71. The lowest BCUT2D eigenvalue weighted by Crippen LogP contribution is -2.47. The van der Waals surface area contributed by atoms with Gasteiger partial charge in [0.15, 0.2) is 0 Å². The van der Waals surface area contributed by atoms with Gasteiger partial charge in [-0.15, -0.1) is 0 Å². The number of carbonyl (C=O) groups excluding carboxylic acids is 1. The smallest absolute Gasteiger partial charge is 0.230 e. The van der Waals surface area contributed by atoms with E-state index >= 15 is 0 Å². The van der Waals surface area contributed by atoms with Gasteiger partial charge in [-0.1, -0.05) is 13.8 Å². The molecule has 1 saturated heterocycles. The monoisotopic (exact) mass is 291 g/mol. The lowest BCUT2D eigenvalue weighted by Gasteiger charge is -2.33. The molecule has 3 N–H and O–H groups in total. The van der Waals surface area contributed by atoms with Crippen LogP contribution in [0, 0.1) is 5.41 Å². The zero-order valence-corrected chi connectivity index (χ0v) is 12.8. The third-order valence-corrected chi connectivity index (χ3v) is 4.82. The van der Waals surface area contributed by atoms with Gasteiger partial charge in [-0.2, -0.15) is 0 Å². The average molecular weight is 291 g/mol. The SMILES string of the molecule is CCC(CC)(CN)C(=O)N1CCC(NS(C)(=O)=O)C1. The van der Waals surface area contributed by atoms with Crippen molar-refractivity contribution < 1.29 is 13.2 Å². The predicted molar refractivity (Wildman–Crippen MR) is 75.0 cm³/mol. The first kappa shape index (κ1) is 16.4. The number of sulfonamides is 1. The zero-order valence-electron chi connectivity index (χ0n) is 12.0. The van der Waals surface area contributed by atoms with Crippen LogP contribution >= 0.6 is 0 Å². The van der Waals surface area contributed by atoms with E-state index in [1.165, 1.54) is 0 Å². The molecule has 0 radical (unpaired) electrons. The normalized spacial score (nSPS) is 20.8. The number of nitrogens with one attached hydrogen (secondary N) is 1. The maximum atomic E-state index is 12.5. The van der Waals surface area contributed by atoms with Gasteiger partial charge in [-0.3, -0.25) is 4.79 Å². The topological polar surface area (TPSA) is 92.5 Å². The summed E-state index contributed by atoms with van der Waals surface area (Å²) in [7, 11) is -3.22. The number of likely N-dealkylation sites (tertiary alicyclic amines) is 1. The Morgan fingerprint density at radius 3 is 2.42 bits per heavy atom. The highest BCUT2D eigenvalue weighted by atomic mass is 32.2. The Bertz CT molecular complexity index is 410. The molecule has 0 aromatic rings. The van der Waals surface area contributed by atoms with Crippen LogP contribution in [-0.2, 0) is 14.8 Å². The van der Waals surface area contributed by atoms with Crippen molar-refractivity contribution in [3.63, 3.8) is 0 Å². The van der Waals surface area contributed by atoms with E-state index in [2.05, 4.69) is 4.72 Å². The standard InChI is InChI=1S/C12H25N3O3S/c1-4-12(5-2,9-13)11(16)15-7-6-10(8-15)14-19(3,17)18/h10,14H,4-9,13H2,1-3H3. The molecule has 0 saturated carbocycles. The molecular weight excluding hydrogens is 266 g/mol. The van der Waals surface area contributed by atoms with Crippen molar-refractivity contribution in [3.8, 4) is 0 Å². The van der Waals surface area contributed by atoms with Gasteiger partial charge < -0.3 is 10.6 Å². The Morgan fingerprint density at radius 2 is 2.00 bits per heavy atom. The number of rotatable bonds is 6. The van der Waals surface area contributed by atoms with Gasteiger partial charge in [0, 0.05) is 25.7 Å². The molecular formula is C12H25N3O3S. The molecule has 1 fully saturated rings. The fraction of sp³-hybridized carbons (Fsp3) is 0.917. The first-order valence-electron chi connectivity index (χ1n) is 6.74. The van der Waals surface area contributed by atoms with Crippen molar-refractivity contribution in [3.05, 3.63) is 0 Å². The molecule has 1 atom stereocenters. The molecule has 0 bridgehead atoms. The summed E-state index contributed by atoms with van der Waals surface area (Å²) >= 11 is 0. The van der Waals surface area contributed by atoms with Crippen molar-refractivity contribution in [2.45, 2.75) is 39.2 Å². The molecule has 1 heterocycles. The van der Waals surface area contributed by atoms with Crippen molar-refractivity contribution in [2.75, 3.05) is 25.9 Å². The quantitative estimate of drug-likeness (QED) is 0.715. The predicted octanol–water partition coefficient (Wildman–Crippen LogP) is -0.0984. The Morgan fingerprint density at radius 1 is 1.42 bits per heavy atom. The summed E-state index contributed by atoms with van der Waals surface area (Å²) in [6, 6.07) is -0.178. The van der Waals surface area contributed by atoms with Crippen LogP contribution in [0.25, 0.3) is 0 Å². The van der Waals surface area contributed by atoms with E-state index in [0.717, 1.165) is 6.26 Å². The molecule has 1 aliphatic rings. The molecule has 0 aromatic heterocycles. The maximum absolute atomic E-state index is 12.5. The van der Waals surface area contributed by atoms with Crippen LogP contribution < -0.4 is 10.5 Å². The van der Waals surface area contributed by atoms with Crippen LogP contribution in [0.15, 0.2) is 0 Å². The van der Waals surface area contributed by atoms with Crippen molar-refractivity contribution in [1.29, 1.82) is 0 Å². The third kappa shape index (κ3) is 3.90. The minimum Gasteiger partial charge on any atom is -0.341 e. The fourth-order valence-electron chi connectivity index (χ4n) is 2.61. The number of hydrogen-bond donors (Lipinski definition) is 2. The third-order valence-electron chi connectivity index (χ3n) is 4.05. The lowest BCUT2D eigenvalue weighted by atomic mass is 9.81. The Hall–Kier alpha value is -0.660. The van der Waals surface area contributed by atoms with Crippen molar-refractivity contribution >= 4 is 15.9 Å². The summed E-state index contributed by atoms with van der Waals surface area (Å²) in [4.78, 5) is 14.3. The van der Waals surface area contributed by atoms with E-state index in [4.69, 9.17) is 5.73 Å². The van der Waals surface area contributed by atoms with E-state index in [-0.39, 0.29) is 11.9 Å². The fourth-order valence-corrected chi connectivity index (χ4v) is 3.41. The zero-order chi connectivity index (χ0) is 14.7. The van der Waals surface area contributed by atoms with Crippen LogP contribution in [0.3, 0.4) is 0 Å². The molecule has 1 amide bonds. The summed E-state index contributed by atoms with van der Waals surface area (Å²) in [5, 5.41) is 0. The Kier molecular flexibility index (Phi) is 5.34. The van der Waals surface area contributed by atoms with E-state index < -0.39 is 15.4 Å². The molecule has 0 aliphatic carbocycles. The molecule has 1 rings (SSSR count). The summed E-state index contributed by atoms with van der Waals surface area (Å²) in [6.45, 7) is 5.30. The highest BCUT2D eigenvalue weighted by Gasteiger charge is 2.39. The number of carbonyl (C=O) groups is 1. The van der Waals surface area contributed by atoms with Crippen molar-refractivity contribution in [1.82, 2.24) is 9.62 Å².